The van der Waals surface area contributed by atoms with E-state index in [1.165, 1.54) is 31.9 Å². The molecule has 0 aromatic heterocycles. The van der Waals surface area contributed by atoms with Gasteiger partial charge < -0.3 is 10.6 Å². The molecule has 0 aliphatic carbocycles. The molecule has 0 unspecified atom stereocenters. The lowest BCUT2D eigenvalue weighted by atomic mass is 9.87. The standard InChI is InChI=1S/C17H36N4O2S/c1-6-7-8-11-17(2,3)14-20-16(18-4)19-13-15-10-9-12-21(15)24(5,22)23/h15H,6-14H2,1-5H3,(H2,18,19,20)/t15-/m1/s1. The number of unbranched alkanes of at least 4 members (excludes halogenated alkanes) is 2. The summed E-state index contributed by atoms with van der Waals surface area (Å²) in [5.41, 5.74) is 0.221. The summed E-state index contributed by atoms with van der Waals surface area (Å²) in [6.07, 6.45) is 8.08. The SMILES string of the molecule is CCCCCC(C)(C)CNC(=NC)NC[C@H]1CCCN1S(C)(=O)=O. The van der Waals surface area contributed by atoms with Crippen LogP contribution in [-0.2, 0) is 10.0 Å². The van der Waals surface area contributed by atoms with Gasteiger partial charge in [-0.2, -0.15) is 4.31 Å². The number of nitrogens with one attached hydrogen (secondary N) is 2. The van der Waals surface area contributed by atoms with Crippen molar-refractivity contribution in [1.29, 1.82) is 0 Å². The van der Waals surface area contributed by atoms with Crippen LogP contribution < -0.4 is 10.6 Å². The van der Waals surface area contributed by atoms with E-state index in [0.29, 0.717) is 13.1 Å². The fourth-order valence-electron chi connectivity index (χ4n) is 3.15. The van der Waals surface area contributed by atoms with Crippen molar-refractivity contribution in [2.24, 2.45) is 10.4 Å². The molecule has 0 amide bonds. The normalized spacial score (nSPS) is 20.4. The number of hydrogen-bond donors (Lipinski definition) is 2. The van der Waals surface area contributed by atoms with Crippen molar-refractivity contribution in [2.75, 3.05) is 32.9 Å². The van der Waals surface area contributed by atoms with E-state index in [9.17, 15) is 8.42 Å². The van der Waals surface area contributed by atoms with Gasteiger partial charge in [0, 0.05) is 32.7 Å². The fraction of sp³-hybridized carbons (Fsp3) is 0.941. The number of sulfonamides is 1. The van der Waals surface area contributed by atoms with Gasteiger partial charge in [0.25, 0.3) is 0 Å². The zero-order valence-corrected chi connectivity index (χ0v) is 16.9. The highest BCUT2D eigenvalue weighted by Crippen LogP contribution is 2.22. The fourth-order valence-corrected chi connectivity index (χ4v) is 4.33. The molecule has 1 aliphatic rings. The van der Waals surface area contributed by atoms with Crippen LogP contribution in [0.4, 0.5) is 0 Å². The van der Waals surface area contributed by atoms with Gasteiger partial charge in [0.15, 0.2) is 5.96 Å². The first-order valence-corrected chi connectivity index (χ1v) is 11.0. The van der Waals surface area contributed by atoms with Gasteiger partial charge in [-0.15, -0.1) is 0 Å². The van der Waals surface area contributed by atoms with Crippen LogP contribution in [0, 0.1) is 5.41 Å². The molecule has 0 aromatic rings. The van der Waals surface area contributed by atoms with Crippen molar-refractivity contribution in [3.63, 3.8) is 0 Å². The van der Waals surface area contributed by atoms with Crippen molar-refractivity contribution < 1.29 is 8.42 Å². The Labute approximate surface area is 148 Å². The van der Waals surface area contributed by atoms with E-state index < -0.39 is 10.0 Å². The summed E-state index contributed by atoms with van der Waals surface area (Å²) in [7, 11) is -1.37. The quantitative estimate of drug-likeness (QED) is 0.375. The number of nitrogens with zero attached hydrogens (tertiary/aromatic N) is 2. The first-order valence-electron chi connectivity index (χ1n) is 9.11. The van der Waals surface area contributed by atoms with Crippen LogP contribution in [0.5, 0.6) is 0 Å². The lowest BCUT2D eigenvalue weighted by Crippen LogP contribution is -2.47. The number of rotatable bonds is 9. The first kappa shape index (κ1) is 21.2. The number of hydrogen-bond acceptors (Lipinski definition) is 3. The third-order valence-corrected chi connectivity index (χ3v) is 6.00. The van der Waals surface area contributed by atoms with Gasteiger partial charge in [-0.25, -0.2) is 8.42 Å². The Bertz CT molecular complexity index is 503. The zero-order chi connectivity index (χ0) is 18.2. The Morgan fingerprint density at radius 1 is 1.29 bits per heavy atom. The second-order valence-electron chi connectivity index (χ2n) is 7.60. The van der Waals surface area contributed by atoms with Gasteiger partial charge in [-0.1, -0.05) is 40.0 Å². The molecule has 7 heteroatoms. The molecular weight excluding hydrogens is 324 g/mol. The minimum absolute atomic E-state index is 0.0242. The molecule has 0 saturated carbocycles. The minimum Gasteiger partial charge on any atom is -0.356 e. The molecule has 1 fully saturated rings. The van der Waals surface area contributed by atoms with Gasteiger partial charge in [0.2, 0.25) is 10.0 Å². The molecule has 6 nitrogen and oxygen atoms in total. The van der Waals surface area contributed by atoms with Crippen LogP contribution >= 0.6 is 0 Å². The highest BCUT2D eigenvalue weighted by atomic mass is 32.2. The summed E-state index contributed by atoms with van der Waals surface area (Å²) in [6.45, 7) is 8.85. The molecular formula is C17H36N4O2S. The second kappa shape index (κ2) is 9.61. The maximum absolute atomic E-state index is 11.8. The van der Waals surface area contributed by atoms with Crippen LogP contribution in [0.25, 0.3) is 0 Å². The van der Waals surface area contributed by atoms with Gasteiger partial charge in [-0.3, -0.25) is 4.99 Å². The summed E-state index contributed by atoms with van der Waals surface area (Å²) in [6, 6.07) is 0.0242. The monoisotopic (exact) mass is 360 g/mol. The van der Waals surface area contributed by atoms with E-state index >= 15 is 0 Å². The molecule has 0 aromatic carbocycles. The third-order valence-electron chi connectivity index (χ3n) is 4.67. The molecule has 24 heavy (non-hydrogen) atoms. The summed E-state index contributed by atoms with van der Waals surface area (Å²) in [4.78, 5) is 4.26. The first-order chi connectivity index (χ1) is 11.2. The molecule has 1 saturated heterocycles. The highest BCUT2D eigenvalue weighted by Gasteiger charge is 2.31. The van der Waals surface area contributed by atoms with E-state index in [0.717, 1.165) is 25.3 Å². The van der Waals surface area contributed by atoms with Gasteiger partial charge in [0.1, 0.15) is 0 Å². The van der Waals surface area contributed by atoms with Crippen molar-refractivity contribution in [3.05, 3.63) is 0 Å². The average molecular weight is 361 g/mol. The third kappa shape index (κ3) is 7.38. The molecule has 1 rings (SSSR count). The van der Waals surface area contributed by atoms with Gasteiger partial charge in [-0.05, 0) is 24.7 Å². The summed E-state index contributed by atoms with van der Waals surface area (Å²) in [5, 5.41) is 6.67. The topological polar surface area (TPSA) is 73.8 Å². The Balaban J connectivity index is 2.43. The highest BCUT2D eigenvalue weighted by molar-refractivity contribution is 7.88. The minimum atomic E-state index is -3.12. The Hall–Kier alpha value is -0.820. The van der Waals surface area contributed by atoms with Crippen LogP contribution in [-0.4, -0.2) is 57.7 Å². The predicted molar refractivity (Wildman–Crippen MR) is 102 cm³/mol. The van der Waals surface area contributed by atoms with Crippen LogP contribution in [0.1, 0.15) is 59.3 Å². The molecule has 0 bridgehead atoms. The zero-order valence-electron chi connectivity index (χ0n) is 16.1. The lowest BCUT2D eigenvalue weighted by Gasteiger charge is -2.27. The smallest absolute Gasteiger partial charge is 0.211 e. The largest absolute Gasteiger partial charge is 0.356 e. The maximum atomic E-state index is 11.8. The summed E-state index contributed by atoms with van der Waals surface area (Å²) in [5.74, 6) is 0.749. The summed E-state index contributed by atoms with van der Waals surface area (Å²) < 4.78 is 25.2. The average Bonchev–Trinajstić information content (AvgIpc) is 2.96. The van der Waals surface area contributed by atoms with Crippen molar-refractivity contribution >= 4 is 16.0 Å². The van der Waals surface area contributed by atoms with E-state index in [2.05, 4.69) is 36.4 Å². The van der Waals surface area contributed by atoms with E-state index in [1.807, 2.05) is 0 Å². The van der Waals surface area contributed by atoms with Crippen molar-refractivity contribution in [1.82, 2.24) is 14.9 Å². The van der Waals surface area contributed by atoms with E-state index in [4.69, 9.17) is 0 Å². The van der Waals surface area contributed by atoms with Gasteiger partial charge in [0.05, 0.1) is 6.26 Å². The summed E-state index contributed by atoms with van der Waals surface area (Å²) >= 11 is 0. The van der Waals surface area contributed by atoms with Gasteiger partial charge >= 0.3 is 0 Å². The van der Waals surface area contributed by atoms with Crippen LogP contribution in [0.15, 0.2) is 4.99 Å². The molecule has 142 valence electrons. The van der Waals surface area contributed by atoms with Crippen molar-refractivity contribution in [2.45, 2.75) is 65.3 Å². The maximum Gasteiger partial charge on any atom is 0.211 e. The Morgan fingerprint density at radius 3 is 2.58 bits per heavy atom. The van der Waals surface area contributed by atoms with Crippen molar-refractivity contribution in [3.8, 4) is 0 Å². The van der Waals surface area contributed by atoms with Crippen LogP contribution in [0.2, 0.25) is 0 Å². The van der Waals surface area contributed by atoms with E-state index in [-0.39, 0.29) is 11.5 Å². The molecule has 0 radical (unpaired) electrons. The number of aliphatic imine (C=N–C) groups is 1. The lowest BCUT2D eigenvalue weighted by molar-refractivity contribution is 0.318. The second-order valence-corrected chi connectivity index (χ2v) is 9.53. The van der Waals surface area contributed by atoms with E-state index in [1.54, 1.807) is 11.4 Å². The molecule has 0 spiro atoms. The molecule has 2 N–H and O–H groups in total. The Morgan fingerprint density at radius 2 is 2.00 bits per heavy atom. The Kier molecular flexibility index (Phi) is 8.50. The molecule has 1 atom stereocenters. The molecule has 1 heterocycles. The van der Waals surface area contributed by atoms with Crippen LogP contribution in [0.3, 0.4) is 0 Å². The number of guanidine groups is 1. The predicted octanol–water partition coefficient (Wildman–Crippen LogP) is 2.18. The molecule has 1 aliphatic heterocycles.